The summed E-state index contributed by atoms with van der Waals surface area (Å²) in [4.78, 5) is 12.1. The second-order valence-electron chi connectivity index (χ2n) is 4.89. The molecule has 0 atom stereocenters. The summed E-state index contributed by atoms with van der Waals surface area (Å²) < 4.78 is 63.7. The van der Waals surface area contributed by atoms with E-state index >= 15 is 0 Å². The van der Waals surface area contributed by atoms with Crippen molar-refractivity contribution < 1.29 is 31.1 Å². The molecule has 1 aromatic rings. The number of carbonyl (C=O) groups is 1. The fourth-order valence-corrected chi connectivity index (χ4v) is 2.35. The minimum atomic E-state index is -5.54. The van der Waals surface area contributed by atoms with Crippen molar-refractivity contribution in [2.45, 2.75) is 32.7 Å². The standard InChI is InChI=1S/C14H17F3N2O4S/c1-4-10-7-8(2)12(18)9(3)11(10)13(20)23-6-5-19-24(21,22)14(15,16)17/h5-7,19H,4,18H2,1-3H3/b6-5+. The molecule has 0 saturated heterocycles. The molecule has 6 nitrogen and oxygen atoms in total. The second kappa shape index (κ2) is 7.12. The Bertz CT molecular complexity index is 771. The van der Waals surface area contributed by atoms with Crippen LogP contribution in [0.2, 0.25) is 0 Å². The third kappa shape index (κ3) is 4.19. The predicted octanol–water partition coefficient (Wildman–Crippen LogP) is 2.52. The number of hydrogen-bond acceptors (Lipinski definition) is 5. The van der Waals surface area contributed by atoms with Crippen molar-refractivity contribution in [3.63, 3.8) is 0 Å². The lowest BCUT2D eigenvalue weighted by molar-refractivity contribution is -0.0444. The zero-order valence-corrected chi connectivity index (χ0v) is 14.0. The van der Waals surface area contributed by atoms with Gasteiger partial charge in [0.2, 0.25) is 0 Å². The molecule has 0 unspecified atom stereocenters. The number of aryl methyl sites for hydroxylation is 2. The lowest BCUT2D eigenvalue weighted by atomic mass is 9.95. The number of nitrogens with one attached hydrogen (secondary N) is 1. The Labute approximate surface area is 137 Å². The number of alkyl halides is 3. The third-order valence-electron chi connectivity index (χ3n) is 3.27. The highest BCUT2D eigenvalue weighted by molar-refractivity contribution is 7.90. The maximum atomic E-state index is 12.1. The summed E-state index contributed by atoms with van der Waals surface area (Å²) in [5.74, 6) is -0.849. The van der Waals surface area contributed by atoms with Crippen LogP contribution in [-0.2, 0) is 21.2 Å². The number of halogens is 3. The summed E-state index contributed by atoms with van der Waals surface area (Å²) in [5, 5.41) is 0. The van der Waals surface area contributed by atoms with Crippen molar-refractivity contribution in [2.75, 3.05) is 5.73 Å². The van der Waals surface area contributed by atoms with Gasteiger partial charge in [-0.05, 0) is 37.0 Å². The Hall–Kier alpha value is -2.23. The highest BCUT2D eigenvalue weighted by Gasteiger charge is 2.45. The average molecular weight is 366 g/mol. The van der Waals surface area contributed by atoms with Crippen molar-refractivity contribution in [2.24, 2.45) is 0 Å². The van der Waals surface area contributed by atoms with Gasteiger partial charge in [-0.3, -0.25) is 4.72 Å². The van der Waals surface area contributed by atoms with E-state index < -0.39 is 21.5 Å². The highest BCUT2D eigenvalue weighted by Crippen LogP contribution is 2.26. The van der Waals surface area contributed by atoms with E-state index in [0.717, 1.165) is 10.3 Å². The van der Waals surface area contributed by atoms with Gasteiger partial charge in [0.1, 0.15) is 6.26 Å². The second-order valence-corrected chi connectivity index (χ2v) is 6.60. The number of anilines is 1. The lowest BCUT2D eigenvalue weighted by Crippen LogP contribution is -2.33. The summed E-state index contributed by atoms with van der Waals surface area (Å²) in [5.41, 5.74) is 2.94. The minimum Gasteiger partial charge on any atom is -0.429 e. The predicted molar refractivity (Wildman–Crippen MR) is 82.4 cm³/mol. The van der Waals surface area contributed by atoms with E-state index in [2.05, 4.69) is 4.74 Å². The van der Waals surface area contributed by atoms with Gasteiger partial charge in [0.25, 0.3) is 0 Å². The van der Waals surface area contributed by atoms with Gasteiger partial charge in [0.05, 0.1) is 5.56 Å². The van der Waals surface area contributed by atoms with Crippen molar-refractivity contribution in [3.8, 4) is 0 Å². The third-order valence-corrected chi connectivity index (χ3v) is 4.33. The molecule has 0 aliphatic carbocycles. The molecule has 0 radical (unpaired) electrons. The van der Waals surface area contributed by atoms with Gasteiger partial charge in [-0.1, -0.05) is 13.0 Å². The molecule has 0 fully saturated rings. The van der Waals surface area contributed by atoms with Crippen LogP contribution in [-0.4, -0.2) is 19.9 Å². The first-order valence-corrected chi connectivity index (χ1v) is 8.23. The Balaban J connectivity index is 2.95. The molecule has 24 heavy (non-hydrogen) atoms. The molecule has 10 heteroatoms. The number of ether oxygens (including phenoxy) is 1. The fourth-order valence-electron chi connectivity index (χ4n) is 1.98. The summed E-state index contributed by atoms with van der Waals surface area (Å²) in [6, 6.07) is 1.72. The Morgan fingerprint density at radius 1 is 1.38 bits per heavy atom. The van der Waals surface area contributed by atoms with Gasteiger partial charge in [-0.25, -0.2) is 4.79 Å². The smallest absolute Gasteiger partial charge is 0.429 e. The molecule has 0 heterocycles. The molecule has 0 aliphatic heterocycles. The number of esters is 1. The van der Waals surface area contributed by atoms with Crippen LogP contribution in [0.15, 0.2) is 18.5 Å². The maximum Gasteiger partial charge on any atom is 0.516 e. The summed E-state index contributed by atoms with van der Waals surface area (Å²) in [6.07, 6.45) is 1.41. The van der Waals surface area contributed by atoms with Gasteiger partial charge < -0.3 is 10.5 Å². The van der Waals surface area contributed by atoms with E-state index in [-0.39, 0.29) is 5.56 Å². The molecular formula is C14H17F3N2O4S. The average Bonchev–Trinajstić information content (AvgIpc) is 2.47. The van der Waals surface area contributed by atoms with Gasteiger partial charge in [0, 0.05) is 11.9 Å². The van der Waals surface area contributed by atoms with E-state index in [0.29, 0.717) is 35.7 Å². The molecule has 0 aromatic heterocycles. The van der Waals surface area contributed by atoms with Crippen LogP contribution in [0.5, 0.6) is 0 Å². The van der Waals surface area contributed by atoms with Crippen LogP contribution >= 0.6 is 0 Å². The Kier molecular flexibility index (Phi) is 5.88. The minimum absolute atomic E-state index is 0.198. The van der Waals surface area contributed by atoms with Crippen LogP contribution in [0.3, 0.4) is 0 Å². The molecular weight excluding hydrogens is 349 g/mol. The van der Waals surface area contributed by atoms with Crippen LogP contribution in [0.25, 0.3) is 0 Å². The molecule has 1 rings (SSSR count). The number of nitrogens with two attached hydrogens (primary N) is 1. The number of hydrogen-bond donors (Lipinski definition) is 2. The van der Waals surface area contributed by atoms with Crippen LogP contribution in [0, 0.1) is 13.8 Å². The summed E-state index contributed by atoms with van der Waals surface area (Å²) in [6.45, 7) is 5.21. The number of benzene rings is 1. The molecule has 3 N–H and O–H groups in total. The van der Waals surface area contributed by atoms with Crippen LogP contribution < -0.4 is 10.5 Å². The molecule has 0 bridgehead atoms. The van der Waals surface area contributed by atoms with Gasteiger partial charge in [0.15, 0.2) is 0 Å². The topological polar surface area (TPSA) is 98.5 Å². The number of sulfonamides is 1. The first-order valence-electron chi connectivity index (χ1n) is 6.75. The summed E-state index contributed by atoms with van der Waals surface area (Å²) in [7, 11) is -5.54. The zero-order valence-electron chi connectivity index (χ0n) is 13.2. The van der Waals surface area contributed by atoms with Gasteiger partial charge in [-0.15, -0.1) is 0 Å². The van der Waals surface area contributed by atoms with E-state index in [9.17, 15) is 26.4 Å². The van der Waals surface area contributed by atoms with Gasteiger partial charge >= 0.3 is 21.5 Å². The van der Waals surface area contributed by atoms with E-state index in [1.807, 2.05) is 6.92 Å². The number of rotatable bonds is 5. The van der Waals surface area contributed by atoms with Crippen molar-refractivity contribution in [1.82, 2.24) is 4.72 Å². The van der Waals surface area contributed by atoms with E-state index in [1.165, 1.54) is 0 Å². The quantitative estimate of drug-likeness (QED) is 0.474. The molecule has 1 aromatic carbocycles. The molecule has 0 saturated carbocycles. The number of carbonyl (C=O) groups excluding carboxylic acids is 1. The number of nitrogen functional groups attached to an aromatic ring is 1. The van der Waals surface area contributed by atoms with Crippen molar-refractivity contribution >= 4 is 21.7 Å². The van der Waals surface area contributed by atoms with Crippen molar-refractivity contribution in [1.29, 1.82) is 0 Å². The largest absolute Gasteiger partial charge is 0.516 e. The normalized spacial score (nSPS) is 12.4. The first-order chi connectivity index (χ1) is 10.9. The maximum absolute atomic E-state index is 12.1. The lowest BCUT2D eigenvalue weighted by Gasteiger charge is -2.14. The van der Waals surface area contributed by atoms with E-state index in [4.69, 9.17) is 5.73 Å². The summed E-state index contributed by atoms with van der Waals surface area (Å²) >= 11 is 0. The molecule has 0 spiro atoms. The van der Waals surface area contributed by atoms with E-state index in [1.54, 1.807) is 19.9 Å². The fraction of sp³-hybridized carbons (Fsp3) is 0.357. The monoisotopic (exact) mass is 366 g/mol. The molecule has 134 valence electrons. The van der Waals surface area contributed by atoms with Crippen molar-refractivity contribution in [3.05, 3.63) is 40.8 Å². The van der Waals surface area contributed by atoms with Crippen LogP contribution in [0.4, 0.5) is 18.9 Å². The zero-order chi connectivity index (χ0) is 18.7. The molecule has 0 aliphatic rings. The highest BCUT2D eigenvalue weighted by atomic mass is 32.2. The Morgan fingerprint density at radius 3 is 2.46 bits per heavy atom. The molecule has 0 amide bonds. The SMILES string of the molecule is CCc1cc(C)c(N)c(C)c1C(=O)O/C=C/NS(=O)(=O)C(F)(F)F. The van der Waals surface area contributed by atoms with Crippen LogP contribution in [0.1, 0.15) is 34.0 Å². The Morgan fingerprint density at radius 2 is 1.96 bits per heavy atom. The first kappa shape index (κ1) is 19.8. The van der Waals surface area contributed by atoms with Gasteiger partial charge in [-0.2, -0.15) is 21.6 Å².